The fraction of sp³-hybridized carbons (Fsp3) is 0.267. The highest BCUT2D eigenvalue weighted by molar-refractivity contribution is 6.48. The van der Waals surface area contributed by atoms with Gasteiger partial charge in [-0.2, -0.15) is 0 Å². The van der Waals surface area contributed by atoms with Gasteiger partial charge >= 0.3 is 0 Å². The van der Waals surface area contributed by atoms with Crippen molar-refractivity contribution in [1.29, 1.82) is 0 Å². The first-order valence-corrected chi connectivity index (χ1v) is 23.9. The number of aromatic hydroxyl groups is 2. The van der Waals surface area contributed by atoms with Gasteiger partial charge in [0.2, 0.25) is 10.9 Å². The monoisotopic (exact) mass is 958 g/mol. The van der Waals surface area contributed by atoms with Gasteiger partial charge < -0.3 is 10.2 Å². The van der Waals surface area contributed by atoms with Gasteiger partial charge in [-0.15, -0.1) is 0 Å². The summed E-state index contributed by atoms with van der Waals surface area (Å²) in [6, 6.07) is 20.4. The molecule has 2 N–H and O–H groups in total. The molecular formula is C60H50N2O10. The normalized spacial score (nSPS) is 14.8. The molecule has 0 radical (unpaired) electrons. The molecular weight excluding hydrogens is 909 g/mol. The Morgan fingerprint density at radius 1 is 0.319 bits per heavy atom. The zero-order chi connectivity index (χ0) is 52.1. The molecule has 0 atom stereocenters. The number of anilines is 2. The number of fused-ring (bicyclic) bond motifs is 2. The molecule has 11 rings (SSSR count). The van der Waals surface area contributed by atoms with Crippen LogP contribution in [0, 0.1) is 0 Å². The first-order chi connectivity index (χ1) is 33.4. The number of benzene rings is 7. The Labute approximate surface area is 412 Å². The van der Waals surface area contributed by atoms with E-state index in [1.165, 1.54) is 12.1 Å². The summed E-state index contributed by atoms with van der Waals surface area (Å²) in [5.74, 6) is -4.48. The summed E-state index contributed by atoms with van der Waals surface area (Å²) in [7, 11) is 0. The second-order valence-corrected chi connectivity index (χ2v) is 23.7. The lowest BCUT2D eigenvalue weighted by molar-refractivity contribution is 0.0877. The number of rotatable bonds is 4. The maximum absolute atomic E-state index is 15.3. The molecule has 9 aromatic rings. The summed E-state index contributed by atoms with van der Waals surface area (Å²) in [6.07, 6.45) is 0. The van der Waals surface area contributed by atoms with Gasteiger partial charge in [-0.3, -0.25) is 38.4 Å². The van der Waals surface area contributed by atoms with E-state index in [-0.39, 0.29) is 87.6 Å². The third kappa shape index (κ3) is 6.10. The topological polar surface area (TPSA) is 184 Å². The van der Waals surface area contributed by atoms with Crippen molar-refractivity contribution in [3.63, 3.8) is 0 Å². The number of hydrogen-bond donors (Lipinski definition) is 2. The Balaban J connectivity index is 1.27. The molecule has 360 valence electrons. The van der Waals surface area contributed by atoms with Crippen molar-refractivity contribution in [2.45, 2.75) is 105 Å². The Kier molecular flexibility index (Phi) is 9.17. The van der Waals surface area contributed by atoms with Crippen LogP contribution in [0.5, 0.6) is 11.5 Å². The molecule has 9 aromatic carbocycles. The average Bonchev–Trinajstić information content (AvgIpc) is 3.30. The molecule has 72 heavy (non-hydrogen) atoms. The molecule has 2 heterocycles. The van der Waals surface area contributed by atoms with Gasteiger partial charge in [0.05, 0.1) is 22.5 Å². The molecule has 0 unspecified atom stereocenters. The van der Waals surface area contributed by atoms with Crippen LogP contribution in [-0.2, 0) is 21.7 Å². The van der Waals surface area contributed by atoms with Gasteiger partial charge in [0.15, 0.2) is 11.5 Å². The Bertz CT molecular complexity index is 3880. The molecule has 12 heteroatoms. The molecule has 12 nitrogen and oxygen atoms in total. The SMILES string of the molecule is CC(C)(C)c1cc(N2C(=O)c3ccc4c5c(-c6c(O)c(=O)c6=O)cc6c7c(ccc(c8c(-c9c(O)c(=O)c9=O)cc(c3c48)C2=O)c75)C(=O)N(c2cc(C(C)(C)C)cc(C(C)(C)C)c2)C6=O)cc(C(C)(C)C)c1. The Hall–Kier alpha value is -8.12. The van der Waals surface area contributed by atoms with Gasteiger partial charge in [0, 0.05) is 33.0 Å². The molecule has 0 aliphatic carbocycles. The van der Waals surface area contributed by atoms with E-state index in [0.29, 0.717) is 11.4 Å². The number of imide groups is 2. The highest BCUT2D eigenvalue weighted by Gasteiger charge is 2.42. The molecule has 0 aromatic heterocycles. The number of carbonyl (C=O) groups excluding carboxylic acids is 4. The fourth-order valence-corrected chi connectivity index (χ4v) is 10.8. The molecule has 2 aliphatic rings. The van der Waals surface area contributed by atoms with E-state index >= 15 is 19.2 Å². The van der Waals surface area contributed by atoms with Crippen molar-refractivity contribution >= 4 is 78.1 Å². The van der Waals surface area contributed by atoms with Gasteiger partial charge in [-0.25, -0.2) is 9.80 Å². The second kappa shape index (κ2) is 14.3. The summed E-state index contributed by atoms with van der Waals surface area (Å²) < 4.78 is 0. The van der Waals surface area contributed by atoms with Gasteiger partial charge in [0.1, 0.15) is 0 Å². The van der Waals surface area contributed by atoms with E-state index in [4.69, 9.17) is 0 Å². The predicted octanol–water partition coefficient (Wildman–Crippen LogP) is 10.5. The van der Waals surface area contributed by atoms with Crippen molar-refractivity contribution in [2.24, 2.45) is 0 Å². The van der Waals surface area contributed by atoms with Crippen LogP contribution in [0.25, 0.3) is 65.3 Å². The van der Waals surface area contributed by atoms with Crippen molar-refractivity contribution < 1.29 is 29.4 Å². The summed E-state index contributed by atoms with van der Waals surface area (Å²) in [5, 5.41) is 24.2. The van der Waals surface area contributed by atoms with Crippen molar-refractivity contribution in [2.75, 3.05) is 9.80 Å². The molecule has 0 saturated carbocycles. The summed E-state index contributed by atoms with van der Waals surface area (Å²) in [5.41, 5.74) is -2.44. The molecule has 4 amide bonds. The zero-order valence-electron chi connectivity index (χ0n) is 42.0. The first-order valence-electron chi connectivity index (χ1n) is 23.9. The van der Waals surface area contributed by atoms with Crippen LogP contribution < -0.4 is 31.5 Å². The highest BCUT2D eigenvalue weighted by atomic mass is 16.3. The largest absolute Gasteiger partial charge is 0.503 e. The van der Waals surface area contributed by atoms with Crippen LogP contribution in [0.2, 0.25) is 0 Å². The minimum atomic E-state index is -1.13. The fourth-order valence-electron chi connectivity index (χ4n) is 10.8. The summed E-state index contributed by atoms with van der Waals surface area (Å²) in [4.78, 5) is 116. The van der Waals surface area contributed by atoms with Crippen LogP contribution in [0.15, 0.2) is 92.0 Å². The van der Waals surface area contributed by atoms with E-state index in [1.807, 2.05) is 83.1 Å². The zero-order valence-corrected chi connectivity index (χ0v) is 42.0. The predicted molar refractivity (Wildman–Crippen MR) is 282 cm³/mol. The maximum atomic E-state index is 15.3. The summed E-state index contributed by atoms with van der Waals surface area (Å²) >= 11 is 0. The number of hydrogen-bond acceptors (Lipinski definition) is 10. The van der Waals surface area contributed by atoms with E-state index in [9.17, 15) is 29.4 Å². The highest BCUT2D eigenvalue weighted by Crippen LogP contribution is 2.53. The quantitative estimate of drug-likeness (QED) is 0.0745. The van der Waals surface area contributed by atoms with Crippen LogP contribution >= 0.6 is 0 Å². The Morgan fingerprint density at radius 2 is 0.611 bits per heavy atom. The minimum absolute atomic E-state index is 0.0203. The Morgan fingerprint density at radius 3 is 0.889 bits per heavy atom. The number of carbonyl (C=O) groups is 4. The number of nitrogens with zero attached hydrogens (tertiary/aromatic N) is 2. The van der Waals surface area contributed by atoms with Crippen molar-refractivity contribution in [3.05, 3.63) is 158 Å². The third-order valence-electron chi connectivity index (χ3n) is 15.0. The molecule has 2 aliphatic heterocycles. The third-order valence-corrected chi connectivity index (χ3v) is 15.0. The van der Waals surface area contributed by atoms with Crippen molar-refractivity contribution in [3.8, 4) is 33.8 Å². The second-order valence-electron chi connectivity index (χ2n) is 23.7. The van der Waals surface area contributed by atoms with E-state index in [1.54, 1.807) is 48.5 Å². The van der Waals surface area contributed by atoms with Crippen LogP contribution in [0.1, 0.15) is 147 Å². The standard InChI is InChI=1S/C60H50N2O10/c1-57(2,3)25-17-26(58(4,5)6)20-29(19-25)61-53(69)33-15-13-31-40-36(46-49(65)52(68)50(46)66)24-38-42-34(54(70)62(56(38)72)30-21-27(59(7,8)9)18-28(22-30)60(10,11)12)16-14-32(44(40)42)39-35(45-47(63)51(67)48(45)64)23-37(55(61)71)41(33)43(31)39/h13-24,63,65H,1-12H3. The van der Waals surface area contributed by atoms with Gasteiger partial charge in [0.25, 0.3) is 34.5 Å². The van der Waals surface area contributed by atoms with Crippen LogP contribution in [0.3, 0.4) is 0 Å². The van der Waals surface area contributed by atoms with Crippen LogP contribution in [-0.4, -0.2) is 33.8 Å². The maximum Gasteiger partial charge on any atom is 0.268 e. The number of amides is 4. The summed E-state index contributed by atoms with van der Waals surface area (Å²) in [6.45, 7) is 24.3. The van der Waals surface area contributed by atoms with Gasteiger partial charge in [-0.05, 0) is 136 Å². The molecule has 0 saturated heterocycles. The lowest BCUT2D eigenvalue weighted by Gasteiger charge is -2.33. The van der Waals surface area contributed by atoms with E-state index in [2.05, 4.69) is 12.1 Å². The molecule has 0 fully saturated rings. The smallest absolute Gasteiger partial charge is 0.268 e. The lowest BCUT2D eigenvalue weighted by Crippen LogP contribution is -2.41. The molecule has 0 spiro atoms. The van der Waals surface area contributed by atoms with Crippen LogP contribution in [0.4, 0.5) is 11.4 Å². The van der Waals surface area contributed by atoms with Gasteiger partial charge in [-0.1, -0.05) is 107 Å². The van der Waals surface area contributed by atoms with Crippen molar-refractivity contribution in [1.82, 2.24) is 0 Å². The molecule has 0 bridgehead atoms. The lowest BCUT2D eigenvalue weighted by atomic mass is 9.76. The minimum Gasteiger partial charge on any atom is -0.503 e. The average molecular weight is 959 g/mol. The van der Waals surface area contributed by atoms with E-state index < -0.39 is 78.5 Å². The first kappa shape index (κ1) is 46.3. The van der Waals surface area contributed by atoms with E-state index in [0.717, 1.165) is 32.1 Å².